The number of hydrogen-bond acceptors (Lipinski definition) is 6. The number of cyclic esters (lactones) is 1. The fourth-order valence-corrected chi connectivity index (χ4v) is 3.32. The molecule has 0 saturated carbocycles. The molecule has 0 radical (unpaired) electrons. The smallest absolute Gasteiger partial charge is 0.363 e. The van der Waals surface area contributed by atoms with Crippen molar-refractivity contribution in [1.29, 1.82) is 0 Å². The molecule has 32 heavy (non-hydrogen) atoms. The summed E-state index contributed by atoms with van der Waals surface area (Å²) >= 11 is 0. The molecule has 162 valence electrons. The highest BCUT2D eigenvalue weighted by molar-refractivity contribution is 6.12. The van der Waals surface area contributed by atoms with Crippen LogP contribution in [0.2, 0.25) is 0 Å². The zero-order valence-corrected chi connectivity index (χ0v) is 18.1. The number of ether oxygens (including phenoxy) is 4. The van der Waals surface area contributed by atoms with Crippen LogP contribution < -0.4 is 14.2 Å². The van der Waals surface area contributed by atoms with Crippen molar-refractivity contribution >= 4 is 17.9 Å². The molecule has 0 unspecified atom stereocenters. The molecule has 3 aromatic carbocycles. The Morgan fingerprint density at radius 3 is 2.25 bits per heavy atom. The summed E-state index contributed by atoms with van der Waals surface area (Å²) in [5.74, 6) is 1.23. The van der Waals surface area contributed by atoms with Gasteiger partial charge in [0.25, 0.3) is 0 Å². The van der Waals surface area contributed by atoms with E-state index in [2.05, 4.69) is 4.99 Å². The summed E-state index contributed by atoms with van der Waals surface area (Å²) in [4.78, 5) is 16.7. The molecule has 1 aliphatic heterocycles. The number of rotatable bonds is 7. The molecule has 4 rings (SSSR count). The molecular formula is C26H23NO5. The van der Waals surface area contributed by atoms with Crippen molar-refractivity contribution in [1.82, 2.24) is 0 Å². The third-order valence-corrected chi connectivity index (χ3v) is 5.06. The number of hydrogen-bond donors (Lipinski definition) is 0. The van der Waals surface area contributed by atoms with Crippen LogP contribution in [0.4, 0.5) is 0 Å². The first-order valence-corrected chi connectivity index (χ1v) is 10.1. The zero-order chi connectivity index (χ0) is 22.5. The average molecular weight is 429 g/mol. The SMILES string of the molecule is COc1cc(/C=C2\N=C(c3ccccc3)OC2=O)cc(OC)c1OCc1ccccc1C. The van der Waals surface area contributed by atoms with Crippen molar-refractivity contribution in [3.05, 3.63) is 94.7 Å². The second kappa shape index (κ2) is 9.39. The lowest BCUT2D eigenvalue weighted by Gasteiger charge is -2.16. The first-order chi connectivity index (χ1) is 15.6. The van der Waals surface area contributed by atoms with Crippen LogP contribution in [0.1, 0.15) is 22.3 Å². The molecule has 3 aromatic rings. The molecule has 6 heteroatoms. The molecular weight excluding hydrogens is 406 g/mol. The largest absolute Gasteiger partial charge is 0.493 e. The second-order valence-electron chi connectivity index (χ2n) is 7.17. The van der Waals surface area contributed by atoms with E-state index < -0.39 is 5.97 Å². The molecule has 0 bridgehead atoms. The quantitative estimate of drug-likeness (QED) is 0.393. The molecule has 0 aliphatic carbocycles. The highest BCUT2D eigenvalue weighted by atomic mass is 16.6. The molecule has 6 nitrogen and oxygen atoms in total. The summed E-state index contributed by atoms with van der Waals surface area (Å²) in [7, 11) is 3.11. The van der Waals surface area contributed by atoms with Gasteiger partial charge in [0.1, 0.15) is 6.61 Å². The summed E-state index contributed by atoms with van der Waals surface area (Å²) in [6, 6.07) is 20.8. The molecule has 0 N–H and O–H groups in total. The van der Waals surface area contributed by atoms with Crippen molar-refractivity contribution in [3.63, 3.8) is 0 Å². The van der Waals surface area contributed by atoms with E-state index in [9.17, 15) is 4.79 Å². The van der Waals surface area contributed by atoms with E-state index in [-0.39, 0.29) is 11.6 Å². The fourth-order valence-electron chi connectivity index (χ4n) is 3.32. The maximum atomic E-state index is 12.3. The lowest BCUT2D eigenvalue weighted by Crippen LogP contribution is -2.05. The van der Waals surface area contributed by atoms with Crippen LogP contribution in [-0.2, 0) is 16.1 Å². The molecule has 0 aromatic heterocycles. The maximum absolute atomic E-state index is 12.3. The van der Waals surface area contributed by atoms with Crippen LogP contribution in [0.5, 0.6) is 17.2 Å². The normalized spacial score (nSPS) is 14.2. The van der Waals surface area contributed by atoms with Gasteiger partial charge in [0.05, 0.1) is 14.2 Å². The Bertz CT molecular complexity index is 1170. The number of aliphatic imine (C=N–C) groups is 1. The van der Waals surface area contributed by atoms with Crippen LogP contribution in [0.3, 0.4) is 0 Å². The lowest BCUT2D eigenvalue weighted by molar-refractivity contribution is -0.129. The molecule has 0 amide bonds. The topological polar surface area (TPSA) is 66.4 Å². The van der Waals surface area contributed by atoms with Gasteiger partial charge in [-0.2, -0.15) is 0 Å². The van der Waals surface area contributed by atoms with E-state index in [1.165, 1.54) is 0 Å². The van der Waals surface area contributed by atoms with Gasteiger partial charge in [-0.15, -0.1) is 0 Å². The predicted octanol–water partition coefficient (Wildman–Crippen LogP) is 4.94. The first kappa shape index (κ1) is 21.2. The highest BCUT2D eigenvalue weighted by Gasteiger charge is 2.24. The molecule has 0 fully saturated rings. The Labute approximate surface area is 186 Å². The summed E-state index contributed by atoms with van der Waals surface area (Å²) in [6.45, 7) is 2.41. The third-order valence-electron chi connectivity index (χ3n) is 5.06. The number of nitrogens with zero attached hydrogens (tertiary/aromatic N) is 1. The Morgan fingerprint density at radius 1 is 0.938 bits per heavy atom. The van der Waals surface area contributed by atoms with Gasteiger partial charge in [-0.1, -0.05) is 42.5 Å². The molecule has 0 spiro atoms. The van der Waals surface area contributed by atoms with Gasteiger partial charge in [0.2, 0.25) is 11.6 Å². The number of esters is 1. The summed E-state index contributed by atoms with van der Waals surface area (Å²) < 4.78 is 22.5. The summed E-state index contributed by atoms with van der Waals surface area (Å²) in [5, 5.41) is 0. The van der Waals surface area contributed by atoms with E-state index in [1.54, 1.807) is 32.4 Å². The molecule has 0 atom stereocenters. The van der Waals surface area contributed by atoms with Crippen LogP contribution >= 0.6 is 0 Å². The van der Waals surface area contributed by atoms with Crippen molar-refractivity contribution in [2.24, 2.45) is 4.99 Å². The van der Waals surface area contributed by atoms with E-state index >= 15 is 0 Å². The number of benzene rings is 3. The number of aryl methyl sites for hydroxylation is 1. The third kappa shape index (κ3) is 4.49. The average Bonchev–Trinajstić information content (AvgIpc) is 3.19. The van der Waals surface area contributed by atoms with E-state index in [4.69, 9.17) is 18.9 Å². The van der Waals surface area contributed by atoms with Gasteiger partial charge in [-0.25, -0.2) is 9.79 Å². The molecule has 0 saturated heterocycles. The standard InChI is InChI=1S/C26H23NO5/c1-17-9-7-8-12-20(17)16-31-24-22(29-2)14-18(15-23(24)30-3)13-21-26(28)32-25(27-21)19-10-5-4-6-11-19/h4-15H,16H2,1-3H3/b21-13-. The minimum absolute atomic E-state index is 0.196. The Balaban J connectivity index is 1.63. The van der Waals surface area contributed by atoms with Gasteiger partial charge < -0.3 is 18.9 Å². The fraction of sp³-hybridized carbons (Fsp3) is 0.154. The number of carbonyl (C=O) groups is 1. The minimum atomic E-state index is -0.512. The van der Waals surface area contributed by atoms with Crippen LogP contribution in [0.15, 0.2) is 77.4 Å². The monoisotopic (exact) mass is 429 g/mol. The lowest BCUT2D eigenvalue weighted by atomic mass is 10.1. The number of carbonyl (C=O) groups excluding carboxylic acids is 1. The van der Waals surface area contributed by atoms with Gasteiger partial charge >= 0.3 is 5.97 Å². The molecule has 1 heterocycles. The highest BCUT2D eigenvalue weighted by Crippen LogP contribution is 2.40. The van der Waals surface area contributed by atoms with Crippen LogP contribution in [-0.4, -0.2) is 26.1 Å². The first-order valence-electron chi connectivity index (χ1n) is 10.1. The van der Waals surface area contributed by atoms with Crippen LogP contribution in [0.25, 0.3) is 6.08 Å². The van der Waals surface area contributed by atoms with Gasteiger partial charge in [-0.05, 0) is 54.0 Å². The molecule has 1 aliphatic rings. The van der Waals surface area contributed by atoms with Gasteiger partial charge in [-0.3, -0.25) is 0 Å². The van der Waals surface area contributed by atoms with E-state index in [0.717, 1.165) is 16.7 Å². The maximum Gasteiger partial charge on any atom is 0.363 e. The van der Waals surface area contributed by atoms with Crippen molar-refractivity contribution in [2.45, 2.75) is 13.5 Å². The summed E-state index contributed by atoms with van der Waals surface area (Å²) in [5.41, 5.74) is 3.81. The number of methoxy groups -OCH3 is 2. The van der Waals surface area contributed by atoms with Crippen LogP contribution in [0, 0.1) is 6.92 Å². The van der Waals surface area contributed by atoms with Crippen molar-refractivity contribution < 1.29 is 23.7 Å². The van der Waals surface area contributed by atoms with Crippen molar-refractivity contribution in [3.8, 4) is 17.2 Å². The van der Waals surface area contributed by atoms with Crippen molar-refractivity contribution in [2.75, 3.05) is 14.2 Å². The van der Waals surface area contributed by atoms with Gasteiger partial charge in [0, 0.05) is 5.56 Å². The Hall–Kier alpha value is -4.06. The minimum Gasteiger partial charge on any atom is -0.493 e. The Kier molecular flexibility index (Phi) is 6.22. The zero-order valence-electron chi connectivity index (χ0n) is 18.1. The van der Waals surface area contributed by atoms with E-state index in [1.807, 2.05) is 61.5 Å². The van der Waals surface area contributed by atoms with Gasteiger partial charge in [0.15, 0.2) is 17.2 Å². The van der Waals surface area contributed by atoms with E-state index in [0.29, 0.717) is 29.4 Å². The summed E-state index contributed by atoms with van der Waals surface area (Å²) in [6.07, 6.45) is 1.63. The predicted molar refractivity (Wildman–Crippen MR) is 122 cm³/mol. The Morgan fingerprint density at radius 2 is 1.59 bits per heavy atom. The second-order valence-corrected chi connectivity index (χ2v) is 7.17.